The zero-order chi connectivity index (χ0) is 11.4. The van der Waals surface area contributed by atoms with Gasteiger partial charge in [0.1, 0.15) is 5.75 Å². The summed E-state index contributed by atoms with van der Waals surface area (Å²) >= 11 is 0. The SMILES string of the molecule is COCC1(c2ccc(O)cc2)CCCCC1. The maximum absolute atomic E-state index is 9.34. The van der Waals surface area contributed by atoms with Crippen LogP contribution in [0, 0.1) is 0 Å². The van der Waals surface area contributed by atoms with Gasteiger partial charge in [-0.2, -0.15) is 0 Å². The number of benzene rings is 1. The minimum atomic E-state index is 0.181. The van der Waals surface area contributed by atoms with Crippen molar-refractivity contribution in [1.82, 2.24) is 0 Å². The third-order valence-electron chi connectivity index (χ3n) is 3.71. The van der Waals surface area contributed by atoms with Crippen LogP contribution >= 0.6 is 0 Å². The Kier molecular flexibility index (Phi) is 3.49. The Balaban J connectivity index is 2.26. The molecule has 0 heterocycles. The van der Waals surface area contributed by atoms with Crippen molar-refractivity contribution in [1.29, 1.82) is 0 Å². The van der Waals surface area contributed by atoms with Gasteiger partial charge < -0.3 is 9.84 Å². The van der Waals surface area contributed by atoms with Crippen LogP contribution in [-0.2, 0) is 10.2 Å². The molecule has 0 aliphatic heterocycles. The first-order valence-corrected chi connectivity index (χ1v) is 6.05. The summed E-state index contributed by atoms with van der Waals surface area (Å²) in [5, 5.41) is 9.34. The van der Waals surface area contributed by atoms with Crippen LogP contribution in [0.5, 0.6) is 5.75 Å². The molecule has 0 amide bonds. The third kappa shape index (κ3) is 2.22. The molecule has 1 aromatic rings. The molecule has 1 aliphatic carbocycles. The lowest BCUT2D eigenvalue weighted by atomic mass is 9.70. The highest BCUT2D eigenvalue weighted by Gasteiger charge is 2.33. The second kappa shape index (κ2) is 4.88. The smallest absolute Gasteiger partial charge is 0.115 e. The predicted molar refractivity (Wildman–Crippen MR) is 64.7 cm³/mol. The van der Waals surface area contributed by atoms with Crippen LogP contribution in [0.4, 0.5) is 0 Å². The van der Waals surface area contributed by atoms with Gasteiger partial charge in [-0.05, 0) is 30.5 Å². The maximum Gasteiger partial charge on any atom is 0.115 e. The monoisotopic (exact) mass is 220 g/mol. The van der Waals surface area contributed by atoms with E-state index in [9.17, 15) is 5.11 Å². The van der Waals surface area contributed by atoms with E-state index in [0.717, 1.165) is 6.61 Å². The first kappa shape index (κ1) is 11.5. The van der Waals surface area contributed by atoms with Crippen molar-refractivity contribution in [3.05, 3.63) is 29.8 Å². The van der Waals surface area contributed by atoms with E-state index in [1.807, 2.05) is 12.1 Å². The fourth-order valence-electron chi connectivity index (χ4n) is 2.84. The molecule has 16 heavy (non-hydrogen) atoms. The average Bonchev–Trinajstić information content (AvgIpc) is 2.31. The lowest BCUT2D eigenvalue weighted by Gasteiger charge is -2.37. The molecule has 2 nitrogen and oxygen atoms in total. The average molecular weight is 220 g/mol. The van der Waals surface area contributed by atoms with Gasteiger partial charge in [0.2, 0.25) is 0 Å². The fraction of sp³-hybridized carbons (Fsp3) is 0.571. The van der Waals surface area contributed by atoms with Gasteiger partial charge in [0.05, 0.1) is 6.61 Å². The summed E-state index contributed by atoms with van der Waals surface area (Å²) in [5.74, 6) is 0.340. The van der Waals surface area contributed by atoms with Crippen LogP contribution in [0.15, 0.2) is 24.3 Å². The van der Waals surface area contributed by atoms with Crippen LogP contribution in [0.3, 0.4) is 0 Å². The van der Waals surface area contributed by atoms with Gasteiger partial charge in [-0.15, -0.1) is 0 Å². The van der Waals surface area contributed by atoms with E-state index in [1.165, 1.54) is 37.7 Å². The molecule has 2 rings (SSSR count). The lowest BCUT2D eigenvalue weighted by molar-refractivity contribution is 0.103. The van der Waals surface area contributed by atoms with Gasteiger partial charge >= 0.3 is 0 Å². The molecule has 0 saturated heterocycles. The van der Waals surface area contributed by atoms with Gasteiger partial charge in [0.25, 0.3) is 0 Å². The Morgan fingerprint density at radius 2 is 1.75 bits per heavy atom. The minimum absolute atomic E-state index is 0.181. The van der Waals surface area contributed by atoms with Gasteiger partial charge in [0, 0.05) is 12.5 Å². The predicted octanol–water partition coefficient (Wildman–Crippen LogP) is 3.24. The number of ether oxygens (including phenoxy) is 1. The Morgan fingerprint density at radius 1 is 1.12 bits per heavy atom. The molecule has 0 aromatic heterocycles. The zero-order valence-corrected chi connectivity index (χ0v) is 9.91. The van der Waals surface area contributed by atoms with Crippen LogP contribution in [0.25, 0.3) is 0 Å². The number of rotatable bonds is 3. The summed E-state index contributed by atoms with van der Waals surface area (Å²) in [4.78, 5) is 0. The van der Waals surface area contributed by atoms with E-state index in [0.29, 0.717) is 5.75 Å². The van der Waals surface area contributed by atoms with Gasteiger partial charge in [-0.3, -0.25) is 0 Å². The third-order valence-corrected chi connectivity index (χ3v) is 3.71. The van der Waals surface area contributed by atoms with Crippen molar-refractivity contribution >= 4 is 0 Å². The van der Waals surface area contributed by atoms with Crippen molar-refractivity contribution in [2.45, 2.75) is 37.5 Å². The highest BCUT2D eigenvalue weighted by molar-refractivity contribution is 5.32. The molecule has 0 atom stereocenters. The summed E-state index contributed by atoms with van der Waals surface area (Å²) in [6.45, 7) is 0.789. The highest BCUT2D eigenvalue weighted by atomic mass is 16.5. The van der Waals surface area contributed by atoms with Crippen molar-refractivity contribution in [3.63, 3.8) is 0 Å². The van der Waals surface area contributed by atoms with Crippen molar-refractivity contribution in [2.24, 2.45) is 0 Å². The van der Waals surface area contributed by atoms with E-state index in [-0.39, 0.29) is 5.41 Å². The second-order valence-electron chi connectivity index (χ2n) is 4.82. The second-order valence-corrected chi connectivity index (χ2v) is 4.82. The Bertz CT molecular complexity index is 318. The van der Waals surface area contributed by atoms with E-state index in [1.54, 1.807) is 19.2 Å². The molecule has 0 spiro atoms. The highest BCUT2D eigenvalue weighted by Crippen LogP contribution is 2.40. The van der Waals surface area contributed by atoms with Crippen LogP contribution in [0.1, 0.15) is 37.7 Å². The molecule has 1 saturated carbocycles. The standard InChI is InChI=1S/C14H20O2/c1-16-11-14(9-3-2-4-10-14)12-5-7-13(15)8-6-12/h5-8,15H,2-4,9-11H2,1H3. The van der Waals surface area contributed by atoms with Gasteiger partial charge in [-0.25, -0.2) is 0 Å². The molecule has 0 radical (unpaired) electrons. The van der Waals surface area contributed by atoms with E-state index in [2.05, 4.69) is 0 Å². The van der Waals surface area contributed by atoms with E-state index < -0.39 is 0 Å². The largest absolute Gasteiger partial charge is 0.508 e. The van der Waals surface area contributed by atoms with Crippen LogP contribution in [0.2, 0.25) is 0 Å². The van der Waals surface area contributed by atoms with Crippen molar-refractivity contribution in [2.75, 3.05) is 13.7 Å². The Morgan fingerprint density at radius 3 is 2.31 bits per heavy atom. The van der Waals surface area contributed by atoms with Gasteiger partial charge in [0.15, 0.2) is 0 Å². The Labute approximate surface area is 97.3 Å². The number of phenolic OH excluding ortho intramolecular Hbond substituents is 1. The quantitative estimate of drug-likeness (QED) is 0.847. The molecule has 0 bridgehead atoms. The number of phenols is 1. The maximum atomic E-state index is 9.34. The first-order chi connectivity index (χ1) is 7.77. The molecule has 2 heteroatoms. The molecular formula is C14H20O2. The van der Waals surface area contributed by atoms with E-state index >= 15 is 0 Å². The number of aromatic hydroxyl groups is 1. The first-order valence-electron chi connectivity index (χ1n) is 6.05. The van der Waals surface area contributed by atoms with Gasteiger partial charge in [-0.1, -0.05) is 31.4 Å². The number of hydrogen-bond acceptors (Lipinski definition) is 2. The summed E-state index contributed by atoms with van der Waals surface area (Å²) in [5.41, 5.74) is 1.49. The van der Waals surface area contributed by atoms with Crippen molar-refractivity contribution in [3.8, 4) is 5.75 Å². The molecule has 1 aromatic carbocycles. The normalized spacial score (nSPS) is 19.6. The summed E-state index contributed by atoms with van der Waals surface area (Å²) in [7, 11) is 1.77. The molecule has 1 fully saturated rings. The summed E-state index contributed by atoms with van der Waals surface area (Å²) < 4.78 is 5.41. The van der Waals surface area contributed by atoms with E-state index in [4.69, 9.17) is 4.74 Å². The van der Waals surface area contributed by atoms with Crippen molar-refractivity contribution < 1.29 is 9.84 Å². The number of methoxy groups -OCH3 is 1. The molecular weight excluding hydrogens is 200 g/mol. The topological polar surface area (TPSA) is 29.5 Å². The lowest BCUT2D eigenvalue weighted by Crippen LogP contribution is -2.33. The number of hydrogen-bond donors (Lipinski definition) is 1. The molecule has 1 N–H and O–H groups in total. The van der Waals surface area contributed by atoms with Crippen LogP contribution in [-0.4, -0.2) is 18.8 Å². The summed E-state index contributed by atoms with van der Waals surface area (Å²) in [6, 6.07) is 7.64. The minimum Gasteiger partial charge on any atom is -0.508 e. The fourth-order valence-corrected chi connectivity index (χ4v) is 2.84. The summed E-state index contributed by atoms with van der Waals surface area (Å²) in [6.07, 6.45) is 6.30. The molecule has 0 unspecified atom stereocenters. The van der Waals surface area contributed by atoms with Crippen LogP contribution < -0.4 is 0 Å². The zero-order valence-electron chi connectivity index (χ0n) is 9.91. The Hall–Kier alpha value is -1.02. The molecule has 88 valence electrons. The molecule has 1 aliphatic rings.